The third-order valence-corrected chi connectivity index (χ3v) is 7.73. The van der Waals surface area contributed by atoms with Crippen molar-refractivity contribution in [3.8, 4) is 34.8 Å². The molecular formula is C30H29NO5Si. The molecule has 2 heterocycles. The standard InChI is InChI=1S/C30H29NO5Si/c1-34-23-17-18-25-24(21-23)30-27(32)16-12-19-29(30,36-30)26(15-10-5-6-11-20-37(2,3)4)31(25)28(33)35-22-13-8-7-9-14-22/h5-9,13-14,17-18,21,26H,12,16,19H2,1-4H3. The number of ketones is 1. The van der Waals surface area contributed by atoms with Gasteiger partial charge in [-0.25, -0.2) is 4.79 Å². The van der Waals surface area contributed by atoms with Gasteiger partial charge in [-0.15, -0.1) is 5.54 Å². The topological polar surface area (TPSA) is 68.4 Å². The van der Waals surface area contributed by atoms with Crippen LogP contribution in [0.5, 0.6) is 11.5 Å². The van der Waals surface area contributed by atoms with E-state index in [1.165, 1.54) is 4.90 Å². The largest absolute Gasteiger partial charge is 0.497 e. The molecule has 0 N–H and O–H groups in total. The van der Waals surface area contributed by atoms with Crippen LogP contribution in [0.15, 0.2) is 60.7 Å². The lowest BCUT2D eigenvalue weighted by molar-refractivity contribution is -0.125. The van der Waals surface area contributed by atoms with Gasteiger partial charge in [0.25, 0.3) is 0 Å². The summed E-state index contributed by atoms with van der Waals surface area (Å²) in [7, 11) is 0.0733. The molecule has 1 amide bonds. The van der Waals surface area contributed by atoms with Crippen molar-refractivity contribution in [2.24, 2.45) is 0 Å². The summed E-state index contributed by atoms with van der Waals surface area (Å²) in [4.78, 5) is 28.6. The van der Waals surface area contributed by atoms with Crippen molar-refractivity contribution in [1.82, 2.24) is 0 Å². The van der Waals surface area contributed by atoms with Crippen LogP contribution in [-0.4, -0.2) is 38.7 Å². The van der Waals surface area contributed by atoms with Crippen LogP contribution in [0.25, 0.3) is 0 Å². The first-order valence-electron chi connectivity index (χ1n) is 12.4. The number of fused-ring (bicyclic) bond motifs is 1. The number of nitrogens with zero attached hydrogens (tertiary/aromatic N) is 1. The fourth-order valence-electron chi connectivity index (χ4n) is 5.25. The van der Waals surface area contributed by atoms with Crippen molar-refractivity contribution in [3.05, 3.63) is 66.2 Å². The first-order valence-corrected chi connectivity index (χ1v) is 15.9. The molecule has 0 aromatic heterocycles. The van der Waals surface area contributed by atoms with E-state index >= 15 is 0 Å². The SMILES string of the molecule is COc1ccc2c(c1)C13OC1(CCCC3=O)C(C#CC=CC#C[Si](C)(C)C)N2C(=O)Oc1ccccc1. The zero-order valence-corrected chi connectivity index (χ0v) is 22.5. The van der Waals surface area contributed by atoms with Crippen molar-refractivity contribution in [2.75, 3.05) is 12.0 Å². The lowest BCUT2D eigenvalue weighted by atomic mass is 9.68. The highest BCUT2D eigenvalue weighted by Crippen LogP contribution is 2.69. The Labute approximate surface area is 218 Å². The minimum Gasteiger partial charge on any atom is -0.497 e. The number of rotatable bonds is 2. The van der Waals surface area contributed by atoms with Crippen molar-refractivity contribution in [1.29, 1.82) is 0 Å². The van der Waals surface area contributed by atoms with E-state index in [1.807, 2.05) is 6.07 Å². The lowest BCUT2D eigenvalue weighted by Gasteiger charge is -2.40. The van der Waals surface area contributed by atoms with Gasteiger partial charge in [0.1, 0.15) is 31.2 Å². The molecule has 188 valence electrons. The van der Waals surface area contributed by atoms with E-state index in [-0.39, 0.29) is 5.78 Å². The van der Waals surface area contributed by atoms with Gasteiger partial charge < -0.3 is 14.2 Å². The summed E-state index contributed by atoms with van der Waals surface area (Å²) in [5, 5.41) is 0. The third kappa shape index (κ3) is 4.25. The molecule has 2 aromatic carbocycles. The van der Waals surface area contributed by atoms with Crippen LogP contribution in [0.4, 0.5) is 10.5 Å². The zero-order chi connectivity index (χ0) is 26.3. The number of para-hydroxylation sites is 1. The molecule has 1 saturated heterocycles. The number of epoxide rings is 1. The van der Waals surface area contributed by atoms with Gasteiger partial charge >= 0.3 is 6.09 Å². The molecule has 5 rings (SSSR count). The molecule has 37 heavy (non-hydrogen) atoms. The van der Waals surface area contributed by atoms with Crippen molar-refractivity contribution < 1.29 is 23.8 Å². The molecule has 1 aliphatic carbocycles. The van der Waals surface area contributed by atoms with Crippen LogP contribution in [-0.2, 0) is 15.1 Å². The maximum Gasteiger partial charge on any atom is 0.420 e. The van der Waals surface area contributed by atoms with Gasteiger partial charge in [-0.2, -0.15) is 0 Å². The number of methoxy groups -OCH3 is 1. The Kier molecular flexibility index (Phi) is 6.23. The molecule has 3 aliphatic rings. The number of amides is 1. The highest BCUT2D eigenvalue weighted by molar-refractivity contribution is 6.83. The van der Waals surface area contributed by atoms with Gasteiger partial charge in [-0.3, -0.25) is 9.69 Å². The fraction of sp³-hybridized carbons (Fsp3) is 0.333. The fourth-order valence-corrected chi connectivity index (χ4v) is 5.76. The molecule has 2 aromatic rings. The van der Waals surface area contributed by atoms with Crippen LogP contribution in [0.2, 0.25) is 19.6 Å². The Morgan fingerprint density at radius 2 is 1.86 bits per heavy atom. The lowest BCUT2D eigenvalue weighted by Crippen LogP contribution is -2.58. The predicted molar refractivity (Wildman–Crippen MR) is 144 cm³/mol. The number of carbonyl (C=O) groups excluding carboxylic acids is 2. The molecule has 2 fully saturated rings. The second-order valence-electron chi connectivity index (χ2n) is 10.4. The Balaban J connectivity index is 1.61. The summed E-state index contributed by atoms with van der Waals surface area (Å²) < 4.78 is 17.6. The summed E-state index contributed by atoms with van der Waals surface area (Å²) >= 11 is 0. The van der Waals surface area contributed by atoms with Crippen LogP contribution in [0.3, 0.4) is 0 Å². The quantitative estimate of drug-likeness (QED) is 0.313. The summed E-state index contributed by atoms with van der Waals surface area (Å²) in [6, 6.07) is 13.5. The van der Waals surface area contributed by atoms with E-state index in [0.29, 0.717) is 42.0 Å². The number of carbonyl (C=O) groups is 2. The smallest absolute Gasteiger partial charge is 0.420 e. The van der Waals surface area contributed by atoms with E-state index in [0.717, 1.165) is 0 Å². The van der Waals surface area contributed by atoms with Crippen molar-refractivity contribution >= 4 is 25.6 Å². The van der Waals surface area contributed by atoms with Gasteiger partial charge in [0.15, 0.2) is 11.4 Å². The first kappa shape index (κ1) is 24.9. The Morgan fingerprint density at radius 3 is 2.59 bits per heavy atom. The Bertz CT molecular complexity index is 1400. The highest BCUT2D eigenvalue weighted by atomic mass is 28.3. The molecule has 2 aliphatic heterocycles. The highest BCUT2D eigenvalue weighted by Gasteiger charge is 2.82. The zero-order valence-electron chi connectivity index (χ0n) is 21.5. The van der Waals surface area contributed by atoms with E-state index in [9.17, 15) is 9.59 Å². The van der Waals surface area contributed by atoms with Gasteiger partial charge in [0, 0.05) is 12.0 Å². The molecule has 3 unspecified atom stereocenters. The summed E-state index contributed by atoms with van der Waals surface area (Å²) in [5.41, 5.74) is 2.35. The molecular weight excluding hydrogens is 482 g/mol. The summed E-state index contributed by atoms with van der Waals surface area (Å²) in [5.74, 6) is 10.4. The minimum absolute atomic E-state index is 0.00711. The summed E-state index contributed by atoms with van der Waals surface area (Å²) in [6.07, 6.45) is 4.50. The molecule has 1 saturated carbocycles. The predicted octanol–water partition coefficient (Wildman–Crippen LogP) is 5.24. The van der Waals surface area contributed by atoms with Gasteiger partial charge in [0.2, 0.25) is 0 Å². The van der Waals surface area contributed by atoms with Crippen molar-refractivity contribution in [2.45, 2.75) is 56.1 Å². The third-order valence-electron chi connectivity index (χ3n) is 6.84. The Hall–Kier alpha value is -3.78. The molecule has 0 bridgehead atoms. The second kappa shape index (κ2) is 9.26. The molecule has 0 radical (unpaired) electrons. The maximum atomic E-state index is 13.7. The minimum atomic E-state index is -1.50. The van der Waals surface area contributed by atoms with E-state index in [2.05, 4.69) is 42.9 Å². The summed E-state index contributed by atoms with van der Waals surface area (Å²) in [6.45, 7) is 6.52. The van der Waals surface area contributed by atoms with Gasteiger partial charge in [0.05, 0.1) is 12.8 Å². The molecule has 3 atom stereocenters. The van der Waals surface area contributed by atoms with Gasteiger partial charge in [-0.1, -0.05) is 55.6 Å². The molecule has 6 nitrogen and oxygen atoms in total. The molecule has 0 spiro atoms. The normalized spacial score (nSPS) is 25.5. The second-order valence-corrected chi connectivity index (χ2v) is 15.2. The number of hydrogen-bond acceptors (Lipinski definition) is 5. The number of hydrogen-bond donors (Lipinski definition) is 0. The maximum absolute atomic E-state index is 13.7. The number of allylic oxidation sites excluding steroid dienone is 2. The number of benzene rings is 2. The Morgan fingerprint density at radius 1 is 1.11 bits per heavy atom. The number of anilines is 1. The van der Waals surface area contributed by atoms with Crippen LogP contribution in [0.1, 0.15) is 24.8 Å². The monoisotopic (exact) mass is 511 g/mol. The van der Waals surface area contributed by atoms with Crippen LogP contribution < -0.4 is 14.4 Å². The van der Waals surface area contributed by atoms with Crippen LogP contribution >= 0.6 is 0 Å². The molecule has 7 heteroatoms. The average Bonchev–Trinajstić information content (AvgIpc) is 3.59. The van der Waals surface area contributed by atoms with Crippen LogP contribution in [0, 0.1) is 23.3 Å². The van der Waals surface area contributed by atoms with Gasteiger partial charge in [-0.05, 0) is 55.3 Å². The number of ether oxygens (including phenoxy) is 3. The number of Topliss-reactive ketones (excluding diaryl/α,β-unsaturated/α-hetero) is 1. The van der Waals surface area contributed by atoms with Crippen molar-refractivity contribution in [3.63, 3.8) is 0 Å². The van der Waals surface area contributed by atoms with E-state index in [1.54, 1.807) is 61.7 Å². The average molecular weight is 512 g/mol. The van der Waals surface area contributed by atoms with E-state index in [4.69, 9.17) is 14.2 Å². The first-order chi connectivity index (χ1) is 17.7. The van der Waals surface area contributed by atoms with E-state index < -0.39 is 31.4 Å².